The van der Waals surface area contributed by atoms with Crippen LogP contribution in [-0.2, 0) is 22.4 Å². The summed E-state index contributed by atoms with van der Waals surface area (Å²) in [6.07, 6.45) is 2.21. The van der Waals surface area contributed by atoms with Crippen molar-refractivity contribution in [1.29, 1.82) is 0 Å². The van der Waals surface area contributed by atoms with E-state index in [1.807, 2.05) is 43.3 Å². The summed E-state index contributed by atoms with van der Waals surface area (Å²) in [5, 5.41) is 3.01. The highest BCUT2D eigenvalue weighted by atomic mass is 16.7. The number of rotatable bonds is 11. The van der Waals surface area contributed by atoms with Crippen molar-refractivity contribution in [2.45, 2.75) is 52.5 Å². The molecule has 0 radical (unpaired) electrons. The molecule has 1 unspecified atom stereocenters. The van der Waals surface area contributed by atoms with Crippen LogP contribution in [-0.4, -0.2) is 42.6 Å². The van der Waals surface area contributed by atoms with Gasteiger partial charge in [0.15, 0.2) is 11.5 Å². The first-order valence-corrected chi connectivity index (χ1v) is 11.5. The van der Waals surface area contributed by atoms with Gasteiger partial charge in [-0.3, -0.25) is 9.59 Å². The molecule has 172 valence electrons. The number of hydrogen-bond donors (Lipinski definition) is 1. The average Bonchev–Trinajstić information content (AvgIpc) is 3.27. The van der Waals surface area contributed by atoms with E-state index in [2.05, 4.69) is 31.3 Å². The monoisotopic (exact) mass is 438 g/mol. The van der Waals surface area contributed by atoms with E-state index in [9.17, 15) is 9.59 Å². The lowest BCUT2D eigenvalue weighted by Crippen LogP contribution is -2.50. The number of nitrogens with zero attached hydrogens (tertiary/aromatic N) is 1. The molecule has 1 N–H and O–H groups in total. The zero-order valence-electron chi connectivity index (χ0n) is 19.3. The van der Waals surface area contributed by atoms with Crippen molar-refractivity contribution in [1.82, 2.24) is 10.2 Å². The van der Waals surface area contributed by atoms with Gasteiger partial charge in [0.2, 0.25) is 18.6 Å². The molecule has 1 aliphatic heterocycles. The zero-order chi connectivity index (χ0) is 22.9. The van der Waals surface area contributed by atoms with Crippen LogP contribution >= 0.6 is 0 Å². The first kappa shape index (κ1) is 23.6. The van der Waals surface area contributed by atoms with E-state index < -0.39 is 6.04 Å². The van der Waals surface area contributed by atoms with Gasteiger partial charge < -0.3 is 19.7 Å². The Hall–Kier alpha value is -3.02. The van der Waals surface area contributed by atoms with Crippen molar-refractivity contribution >= 4 is 11.8 Å². The van der Waals surface area contributed by atoms with Crippen molar-refractivity contribution in [3.8, 4) is 11.5 Å². The normalized spacial score (nSPS) is 13.1. The average molecular weight is 439 g/mol. The molecule has 2 amide bonds. The quantitative estimate of drug-likeness (QED) is 0.576. The summed E-state index contributed by atoms with van der Waals surface area (Å²) in [7, 11) is 0. The molecule has 1 atom stereocenters. The minimum atomic E-state index is -0.471. The Morgan fingerprint density at radius 1 is 1.00 bits per heavy atom. The predicted molar refractivity (Wildman–Crippen MR) is 125 cm³/mol. The Morgan fingerprint density at radius 3 is 2.47 bits per heavy atom. The topological polar surface area (TPSA) is 67.9 Å². The molecule has 3 rings (SSSR count). The number of aryl methyl sites for hydroxylation is 1. The Balaban J connectivity index is 1.69. The lowest BCUT2D eigenvalue weighted by molar-refractivity contribution is -0.140. The van der Waals surface area contributed by atoms with E-state index in [-0.39, 0.29) is 18.6 Å². The van der Waals surface area contributed by atoms with Crippen LogP contribution in [0.1, 0.15) is 44.7 Å². The van der Waals surface area contributed by atoms with Gasteiger partial charge >= 0.3 is 0 Å². The first-order chi connectivity index (χ1) is 15.5. The second kappa shape index (κ2) is 11.6. The number of carbonyl (C=O) groups is 2. The third kappa shape index (κ3) is 6.49. The number of ether oxygens (including phenoxy) is 2. The number of hydrogen-bond acceptors (Lipinski definition) is 4. The van der Waals surface area contributed by atoms with Crippen molar-refractivity contribution < 1.29 is 19.1 Å². The maximum atomic E-state index is 13.3. The molecule has 1 heterocycles. The minimum absolute atomic E-state index is 0.00913. The molecule has 0 aromatic heterocycles. The van der Waals surface area contributed by atoms with Gasteiger partial charge in [0.05, 0.1) is 0 Å². The lowest BCUT2D eigenvalue weighted by Gasteiger charge is -2.31. The second-order valence-electron chi connectivity index (χ2n) is 8.57. The van der Waals surface area contributed by atoms with Crippen LogP contribution in [0.25, 0.3) is 0 Å². The van der Waals surface area contributed by atoms with Crippen LogP contribution in [0, 0.1) is 5.92 Å². The van der Waals surface area contributed by atoms with Crippen LogP contribution in [0.2, 0.25) is 0 Å². The molecule has 0 bridgehead atoms. The summed E-state index contributed by atoms with van der Waals surface area (Å²) >= 11 is 0. The predicted octanol–water partition coefficient (Wildman–Crippen LogP) is 3.97. The number of carbonyl (C=O) groups excluding carboxylic acids is 2. The number of nitrogens with one attached hydrogen (secondary N) is 1. The third-order valence-corrected chi connectivity index (χ3v) is 5.62. The second-order valence-corrected chi connectivity index (χ2v) is 8.57. The smallest absolute Gasteiger partial charge is 0.242 e. The molecule has 0 saturated carbocycles. The van der Waals surface area contributed by atoms with Crippen LogP contribution in [0.5, 0.6) is 11.5 Å². The number of fused-ring (bicyclic) bond motifs is 1. The maximum Gasteiger partial charge on any atom is 0.242 e. The minimum Gasteiger partial charge on any atom is -0.454 e. The summed E-state index contributed by atoms with van der Waals surface area (Å²) in [5.41, 5.74) is 2.17. The van der Waals surface area contributed by atoms with Gasteiger partial charge in [-0.2, -0.15) is 0 Å². The van der Waals surface area contributed by atoms with Gasteiger partial charge in [-0.15, -0.1) is 0 Å². The Bertz CT molecular complexity index is 898. The van der Waals surface area contributed by atoms with E-state index in [1.165, 1.54) is 0 Å². The van der Waals surface area contributed by atoms with E-state index in [1.54, 1.807) is 4.90 Å². The summed E-state index contributed by atoms with van der Waals surface area (Å²) in [6, 6.07) is 15.4. The van der Waals surface area contributed by atoms with Gasteiger partial charge in [-0.25, -0.2) is 0 Å². The van der Waals surface area contributed by atoms with Gasteiger partial charge in [-0.1, -0.05) is 57.2 Å². The number of benzene rings is 2. The van der Waals surface area contributed by atoms with Crippen LogP contribution in [0.3, 0.4) is 0 Å². The summed E-state index contributed by atoms with van der Waals surface area (Å²) in [5.74, 6) is 1.72. The molecule has 0 aliphatic carbocycles. The van der Waals surface area contributed by atoms with Crippen LogP contribution in [0.4, 0.5) is 0 Å². The molecule has 0 saturated heterocycles. The summed E-state index contributed by atoms with van der Waals surface area (Å²) < 4.78 is 10.8. The van der Waals surface area contributed by atoms with Crippen molar-refractivity contribution in [3.63, 3.8) is 0 Å². The first-order valence-electron chi connectivity index (χ1n) is 11.5. The highest BCUT2D eigenvalue weighted by Gasteiger charge is 2.28. The molecular formula is C26H34N2O4. The van der Waals surface area contributed by atoms with E-state index in [0.717, 1.165) is 22.6 Å². The summed E-state index contributed by atoms with van der Waals surface area (Å²) in [4.78, 5) is 28.0. The molecule has 6 heteroatoms. The molecule has 1 aliphatic rings. The molecular weight excluding hydrogens is 404 g/mol. The zero-order valence-corrected chi connectivity index (χ0v) is 19.3. The Morgan fingerprint density at radius 2 is 1.75 bits per heavy atom. The van der Waals surface area contributed by atoms with Crippen molar-refractivity contribution in [2.24, 2.45) is 5.92 Å². The molecule has 6 nitrogen and oxygen atoms in total. The van der Waals surface area contributed by atoms with Crippen molar-refractivity contribution in [3.05, 3.63) is 59.7 Å². The molecule has 0 fully saturated rings. The van der Waals surface area contributed by atoms with Crippen molar-refractivity contribution in [2.75, 3.05) is 19.9 Å². The summed E-state index contributed by atoms with van der Waals surface area (Å²) in [6.45, 7) is 7.43. The Labute approximate surface area is 190 Å². The molecule has 0 spiro atoms. The van der Waals surface area contributed by atoms with Gasteiger partial charge in [0.1, 0.15) is 6.04 Å². The van der Waals surface area contributed by atoms with Crippen LogP contribution in [0.15, 0.2) is 48.5 Å². The largest absolute Gasteiger partial charge is 0.454 e. The van der Waals surface area contributed by atoms with E-state index >= 15 is 0 Å². The maximum absolute atomic E-state index is 13.3. The SMILES string of the molecule is CCC(C(=O)NCC(C)C)N(CCc1ccccc1)C(=O)CCc1ccc2c(c1)OCO2. The highest BCUT2D eigenvalue weighted by molar-refractivity contribution is 5.87. The third-order valence-electron chi connectivity index (χ3n) is 5.62. The van der Waals surface area contributed by atoms with Gasteiger partial charge in [0.25, 0.3) is 0 Å². The van der Waals surface area contributed by atoms with Gasteiger partial charge in [0, 0.05) is 19.5 Å². The fraction of sp³-hybridized carbons (Fsp3) is 0.462. The van der Waals surface area contributed by atoms with Gasteiger partial charge in [-0.05, 0) is 48.4 Å². The fourth-order valence-corrected chi connectivity index (χ4v) is 3.81. The van der Waals surface area contributed by atoms with E-state index in [4.69, 9.17) is 9.47 Å². The van der Waals surface area contributed by atoms with Crippen LogP contribution < -0.4 is 14.8 Å². The Kier molecular flexibility index (Phi) is 8.54. The standard InChI is InChI=1S/C26H34N2O4/c1-4-22(26(30)27-17-19(2)3)28(15-14-20-8-6-5-7-9-20)25(29)13-11-21-10-12-23-24(16-21)32-18-31-23/h5-10,12,16,19,22H,4,11,13-15,17-18H2,1-3H3,(H,27,30). The molecule has 2 aromatic carbocycles. The number of amides is 2. The molecule has 2 aromatic rings. The lowest BCUT2D eigenvalue weighted by atomic mass is 10.1. The molecule has 32 heavy (non-hydrogen) atoms. The van der Waals surface area contributed by atoms with E-state index in [0.29, 0.717) is 44.7 Å². The fourth-order valence-electron chi connectivity index (χ4n) is 3.81. The highest BCUT2D eigenvalue weighted by Crippen LogP contribution is 2.32.